The largest absolute Gasteiger partial charge is 0.317 e. The number of para-hydroxylation sites is 1. The van der Waals surface area contributed by atoms with E-state index in [4.69, 9.17) is 5.84 Å². The van der Waals surface area contributed by atoms with Crippen LogP contribution in [0.15, 0.2) is 24.3 Å². The molecule has 0 amide bonds. The molecule has 0 aliphatic carbocycles. The Morgan fingerprint density at radius 3 is 2.73 bits per heavy atom. The van der Waals surface area contributed by atoms with Crippen LogP contribution in [0.3, 0.4) is 0 Å². The summed E-state index contributed by atoms with van der Waals surface area (Å²) >= 11 is 0. The predicted octanol–water partition coefficient (Wildman–Crippen LogP) is 1.00. The van der Waals surface area contributed by atoms with Gasteiger partial charge >= 0.3 is 0 Å². The molecule has 15 heavy (non-hydrogen) atoms. The zero-order valence-electron chi connectivity index (χ0n) is 8.87. The molecule has 0 radical (unpaired) electrons. The van der Waals surface area contributed by atoms with Crippen LogP contribution in [0, 0.1) is 0 Å². The molecule has 2 aliphatic heterocycles. The third-order valence-electron chi connectivity index (χ3n) is 3.82. The number of hydrazine groups is 1. The average Bonchev–Trinajstić information content (AvgIpc) is 2.55. The Kier molecular flexibility index (Phi) is 1.97. The van der Waals surface area contributed by atoms with Crippen LogP contribution >= 0.6 is 0 Å². The van der Waals surface area contributed by atoms with Gasteiger partial charge in [-0.1, -0.05) is 18.2 Å². The van der Waals surface area contributed by atoms with Crippen molar-refractivity contribution in [2.75, 3.05) is 24.6 Å². The molecule has 0 unspecified atom stereocenters. The van der Waals surface area contributed by atoms with Crippen molar-refractivity contribution >= 4 is 5.69 Å². The molecule has 1 spiro atoms. The summed E-state index contributed by atoms with van der Waals surface area (Å²) in [6.45, 7) is 3.21. The number of fused-ring (bicyclic) bond motifs is 2. The summed E-state index contributed by atoms with van der Waals surface area (Å²) in [5.74, 6) is 6.06. The topological polar surface area (TPSA) is 41.3 Å². The molecular formula is C12H17N3. The molecule has 0 aromatic heterocycles. The summed E-state index contributed by atoms with van der Waals surface area (Å²) in [7, 11) is 0. The number of nitrogens with one attached hydrogen (secondary N) is 1. The van der Waals surface area contributed by atoms with Gasteiger partial charge < -0.3 is 10.3 Å². The first-order chi connectivity index (χ1) is 7.32. The Morgan fingerprint density at radius 1 is 1.20 bits per heavy atom. The number of hydrogen-bond acceptors (Lipinski definition) is 3. The number of anilines is 1. The minimum absolute atomic E-state index is 0.316. The normalized spacial score (nSPS) is 23.1. The molecule has 2 aliphatic rings. The summed E-state index contributed by atoms with van der Waals surface area (Å²) in [5, 5.41) is 5.34. The molecule has 2 heterocycles. The van der Waals surface area contributed by atoms with Crippen molar-refractivity contribution in [1.29, 1.82) is 0 Å². The van der Waals surface area contributed by atoms with E-state index >= 15 is 0 Å². The SMILES string of the molecule is NN1CC2(CCNCC2)c2ccccc21. The number of nitrogens with zero attached hydrogens (tertiary/aromatic N) is 1. The van der Waals surface area contributed by atoms with Crippen molar-refractivity contribution in [2.45, 2.75) is 18.3 Å². The number of hydrogen-bond donors (Lipinski definition) is 2. The van der Waals surface area contributed by atoms with E-state index in [-0.39, 0.29) is 0 Å². The van der Waals surface area contributed by atoms with E-state index in [9.17, 15) is 0 Å². The molecule has 1 aromatic rings. The maximum absolute atomic E-state index is 6.06. The zero-order chi connectivity index (χ0) is 10.3. The van der Waals surface area contributed by atoms with Crippen molar-refractivity contribution in [1.82, 2.24) is 5.32 Å². The van der Waals surface area contributed by atoms with Crippen LogP contribution in [0.5, 0.6) is 0 Å². The molecule has 0 bridgehead atoms. The average molecular weight is 203 g/mol. The Balaban J connectivity index is 2.06. The maximum atomic E-state index is 6.06. The smallest absolute Gasteiger partial charge is 0.0555 e. The maximum Gasteiger partial charge on any atom is 0.0555 e. The van der Waals surface area contributed by atoms with Gasteiger partial charge in [-0.05, 0) is 37.6 Å². The van der Waals surface area contributed by atoms with E-state index in [1.54, 1.807) is 0 Å². The summed E-state index contributed by atoms with van der Waals surface area (Å²) < 4.78 is 0. The molecule has 1 fully saturated rings. The number of rotatable bonds is 0. The second kappa shape index (κ2) is 3.22. The van der Waals surface area contributed by atoms with Crippen LogP contribution in [0.1, 0.15) is 18.4 Å². The van der Waals surface area contributed by atoms with Gasteiger partial charge in [0.1, 0.15) is 0 Å². The van der Waals surface area contributed by atoms with Crippen LogP contribution in [-0.2, 0) is 5.41 Å². The number of benzene rings is 1. The van der Waals surface area contributed by atoms with Crippen molar-refractivity contribution in [2.24, 2.45) is 5.84 Å². The fourth-order valence-electron chi connectivity index (χ4n) is 3.00. The highest BCUT2D eigenvalue weighted by atomic mass is 15.4. The molecule has 3 heteroatoms. The number of nitrogens with two attached hydrogens (primary N) is 1. The first-order valence-corrected chi connectivity index (χ1v) is 5.64. The fraction of sp³-hybridized carbons (Fsp3) is 0.500. The summed E-state index contributed by atoms with van der Waals surface area (Å²) in [4.78, 5) is 0. The van der Waals surface area contributed by atoms with Gasteiger partial charge in [0.2, 0.25) is 0 Å². The first-order valence-electron chi connectivity index (χ1n) is 5.64. The van der Waals surface area contributed by atoms with Crippen molar-refractivity contribution in [3.63, 3.8) is 0 Å². The highest BCUT2D eigenvalue weighted by Crippen LogP contribution is 2.44. The minimum atomic E-state index is 0.316. The quantitative estimate of drug-likeness (QED) is 0.618. The Bertz CT molecular complexity index is 369. The zero-order valence-corrected chi connectivity index (χ0v) is 8.87. The van der Waals surface area contributed by atoms with E-state index in [1.807, 2.05) is 5.01 Å². The monoisotopic (exact) mass is 203 g/mol. The second-order valence-electron chi connectivity index (χ2n) is 4.68. The van der Waals surface area contributed by atoms with Gasteiger partial charge in [0.15, 0.2) is 0 Å². The van der Waals surface area contributed by atoms with E-state index in [1.165, 1.54) is 24.1 Å². The van der Waals surface area contributed by atoms with Gasteiger partial charge in [-0.15, -0.1) is 0 Å². The minimum Gasteiger partial charge on any atom is -0.317 e. The van der Waals surface area contributed by atoms with Crippen LogP contribution in [0.2, 0.25) is 0 Å². The predicted molar refractivity (Wildman–Crippen MR) is 61.8 cm³/mol. The highest BCUT2D eigenvalue weighted by molar-refractivity contribution is 5.61. The van der Waals surface area contributed by atoms with Gasteiger partial charge in [0.05, 0.1) is 5.69 Å². The molecule has 3 rings (SSSR count). The van der Waals surface area contributed by atoms with Crippen LogP contribution in [0.25, 0.3) is 0 Å². The molecular weight excluding hydrogens is 186 g/mol. The standard InChI is InChI=1S/C12H17N3/c13-15-9-12(5-7-14-8-6-12)10-3-1-2-4-11(10)15/h1-4,14H,5-9,13H2. The van der Waals surface area contributed by atoms with Crippen molar-refractivity contribution < 1.29 is 0 Å². The molecule has 0 atom stereocenters. The summed E-state index contributed by atoms with van der Waals surface area (Å²) in [6.07, 6.45) is 2.41. The van der Waals surface area contributed by atoms with Gasteiger partial charge in [-0.2, -0.15) is 0 Å². The van der Waals surface area contributed by atoms with Crippen molar-refractivity contribution in [3.05, 3.63) is 29.8 Å². The van der Waals surface area contributed by atoms with E-state index in [0.717, 1.165) is 19.6 Å². The lowest BCUT2D eigenvalue weighted by atomic mass is 9.75. The Labute approximate surface area is 90.2 Å². The molecule has 80 valence electrons. The third-order valence-corrected chi connectivity index (χ3v) is 3.82. The molecule has 0 saturated carbocycles. The lowest BCUT2D eigenvalue weighted by Gasteiger charge is -2.34. The fourth-order valence-corrected chi connectivity index (χ4v) is 3.00. The molecule has 3 nitrogen and oxygen atoms in total. The van der Waals surface area contributed by atoms with Crippen molar-refractivity contribution in [3.8, 4) is 0 Å². The molecule has 3 N–H and O–H groups in total. The second-order valence-corrected chi connectivity index (χ2v) is 4.68. The van der Waals surface area contributed by atoms with E-state index < -0.39 is 0 Å². The van der Waals surface area contributed by atoms with Crippen LogP contribution < -0.4 is 16.2 Å². The summed E-state index contributed by atoms with van der Waals surface area (Å²) in [6, 6.07) is 8.57. The molecule has 1 saturated heterocycles. The Hall–Kier alpha value is -1.06. The highest BCUT2D eigenvalue weighted by Gasteiger charge is 2.42. The lowest BCUT2D eigenvalue weighted by Crippen LogP contribution is -2.44. The Morgan fingerprint density at radius 2 is 1.93 bits per heavy atom. The van der Waals surface area contributed by atoms with Crippen LogP contribution in [0.4, 0.5) is 5.69 Å². The van der Waals surface area contributed by atoms with E-state index in [0.29, 0.717) is 5.41 Å². The summed E-state index contributed by atoms with van der Waals surface area (Å²) in [5.41, 5.74) is 2.99. The van der Waals surface area contributed by atoms with Gasteiger partial charge in [0, 0.05) is 12.0 Å². The van der Waals surface area contributed by atoms with Gasteiger partial charge in [-0.25, -0.2) is 5.84 Å². The molecule has 1 aromatic carbocycles. The number of piperidine rings is 1. The van der Waals surface area contributed by atoms with Gasteiger partial charge in [0.25, 0.3) is 0 Å². The van der Waals surface area contributed by atoms with E-state index in [2.05, 4.69) is 29.6 Å². The lowest BCUT2D eigenvalue weighted by molar-refractivity contribution is 0.326. The third kappa shape index (κ3) is 1.27. The van der Waals surface area contributed by atoms with Crippen LogP contribution in [-0.4, -0.2) is 19.6 Å². The van der Waals surface area contributed by atoms with Gasteiger partial charge in [-0.3, -0.25) is 0 Å². The first kappa shape index (κ1) is 9.19.